The molecule has 2 nitrogen and oxygen atoms in total. The first-order valence-corrected chi connectivity index (χ1v) is 8.14. The van der Waals surface area contributed by atoms with Crippen molar-refractivity contribution >= 4 is 15.9 Å². The van der Waals surface area contributed by atoms with Crippen LogP contribution in [0.4, 0.5) is 0 Å². The zero-order valence-electron chi connectivity index (χ0n) is 12.5. The number of halogens is 1. The lowest BCUT2D eigenvalue weighted by Gasteiger charge is -2.21. The van der Waals surface area contributed by atoms with Gasteiger partial charge in [-0.25, -0.2) is 0 Å². The fraction of sp³-hybridized carbons (Fsp3) is 0.333. The second kappa shape index (κ2) is 7.62. The number of nitrogens with one attached hydrogen (secondary N) is 1. The zero-order chi connectivity index (χ0) is 15.2. The summed E-state index contributed by atoms with van der Waals surface area (Å²) in [6.07, 6.45) is 2.08. The minimum absolute atomic E-state index is 0.315. The summed E-state index contributed by atoms with van der Waals surface area (Å²) in [5, 5.41) is 12.9. The minimum Gasteiger partial charge on any atom is -0.508 e. The average Bonchev–Trinajstić information content (AvgIpc) is 2.47. The minimum atomic E-state index is 0.315. The third-order valence-electron chi connectivity index (χ3n) is 3.71. The molecule has 2 aromatic rings. The molecule has 3 heteroatoms. The first kappa shape index (κ1) is 16.1. The van der Waals surface area contributed by atoms with E-state index in [1.807, 2.05) is 18.2 Å². The lowest BCUT2D eigenvalue weighted by atomic mass is 10.0. The van der Waals surface area contributed by atoms with Crippen LogP contribution in [0, 0.1) is 0 Å². The van der Waals surface area contributed by atoms with E-state index in [0.717, 1.165) is 17.3 Å². The van der Waals surface area contributed by atoms with Gasteiger partial charge in [-0.1, -0.05) is 46.3 Å². The van der Waals surface area contributed by atoms with E-state index in [9.17, 15) is 5.11 Å². The second-order valence-electron chi connectivity index (χ2n) is 5.52. The van der Waals surface area contributed by atoms with Gasteiger partial charge in [-0.05, 0) is 56.0 Å². The predicted molar refractivity (Wildman–Crippen MR) is 91.6 cm³/mol. The maximum atomic E-state index is 9.29. The third-order valence-corrected chi connectivity index (χ3v) is 4.43. The number of phenolic OH excluding ortho intramolecular Hbond substituents is 1. The Morgan fingerprint density at radius 1 is 1.05 bits per heavy atom. The maximum absolute atomic E-state index is 9.29. The van der Waals surface area contributed by atoms with Gasteiger partial charge in [0.05, 0.1) is 0 Å². The number of hydrogen-bond donors (Lipinski definition) is 2. The fourth-order valence-electron chi connectivity index (χ4n) is 2.47. The largest absolute Gasteiger partial charge is 0.508 e. The number of aromatic hydroxyl groups is 1. The highest BCUT2D eigenvalue weighted by Crippen LogP contribution is 2.23. The van der Waals surface area contributed by atoms with E-state index in [4.69, 9.17) is 0 Å². The molecule has 0 amide bonds. The van der Waals surface area contributed by atoms with E-state index in [0.29, 0.717) is 17.8 Å². The van der Waals surface area contributed by atoms with Crippen molar-refractivity contribution in [1.82, 2.24) is 5.32 Å². The Bertz CT molecular complexity index is 568. The van der Waals surface area contributed by atoms with Gasteiger partial charge in [0.25, 0.3) is 0 Å². The number of benzene rings is 2. The van der Waals surface area contributed by atoms with Gasteiger partial charge in [-0.15, -0.1) is 0 Å². The van der Waals surface area contributed by atoms with Crippen LogP contribution >= 0.6 is 15.9 Å². The summed E-state index contributed by atoms with van der Waals surface area (Å²) >= 11 is 3.61. The van der Waals surface area contributed by atoms with Gasteiger partial charge in [0, 0.05) is 16.6 Å². The molecule has 0 saturated carbocycles. The molecule has 0 radical (unpaired) electrons. The van der Waals surface area contributed by atoms with Gasteiger partial charge < -0.3 is 10.4 Å². The van der Waals surface area contributed by atoms with Crippen molar-refractivity contribution in [1.29, 1.82) is 0 Å². The van der Waals surface area contributed by atoms with Crippen LogP contribution in [-0.4, -0.2) is 11.1 Å². The number of aryl methyl sites for hydroxylation is 1. The summed E-state index contributed by atoms with van der Waals surface area (Å²) in [5.41, 5.74) is 2.55. The highest BCUT2D eigenvalue weighted by atomic mass is 79.9. The lowest BCUT2D eigenvalue weighted by Crippen LogP contribution is -2.29. The Balaban J connectivity index is 1.85. The summed E-state index contributed by atoms with van der Waals surface area (Å²) < 4.78 is 1.15. The van der Waals surface area contributed by atoms with Crippen LogP contribution in [-0.2, 0) is 6.42 Å². The normalized spacial score (nSPS) is 13.9. The zero-order valence-corrected chi connectivity index (χ0v) is 14.1. The van der Waals surface area contributed by atoms with Crippen molar-refractivity contribution in [2.45, 2.75) is 38.8 Å². The predicted octanol–water partition coefficient (Wildman–Crippen LogP) is 4.83. The Morgan fingerprint density at radius 3 is 2.38 bits per heavy atom. The SMILES string of the molecule is CC(CCc1ccc(O)cc1)N[C@@H](C)c1ccccc1Br. The highest BCUT2D eigenvalue weighted by Gasteiger charge is 2.11. The summed E-state index contributed by atoms with van der Waals surface area (Å²) in [7, 11) is 0. The average molecular weight is 348 g/mol. The van der Waals surface area contributed by atoms with Crippen LogP contribution in [0.15, 0.2) is 53.0 Å². The molecule has 21 heavy (non-hydrogen) atoms. The van der Waals surface area contributed by atoms with E-state index in [2.05, 4.69) is 53.3 Å². The number of phenols is 1. The molecule has 0 aliphatic carbocycles. The van der Waals surface area contributed by atoms with Gasteiger partial charge >= 0.3 is 0 Å². The molecule has 112 valence electrons. The van der Waals surface area contributed by atoms with E-state index < -0.39 is 0 Å². The summed E-state index contributed by atoms with van der Waals surface area (Å²) in [4.78, 5) is 0. The summed E-state index contributed by atoms with van der Waals surface area (Å²) in [6, 6.07) is 16.5. The van der Waals surface area contributed by atoms with Crippen LogP contribution in [0.2, 0.25) is 0 Å². The molecule has 2 N–H and O–H groups in total. The molecule has 0 aromatic heterocycles. The first-order valence-electron chi connectivity index (χ1n) is 7.34. The van der Waals surface area contributed by atoms with Crippen molar-refractivity contribution in [2.75, 3.05) is 0 Å². The Morgan fingerprint density at radius 2 is 1.71 bits per heavy atom. The third kappa shape index (κ3) is 4.87. The molecule has 0 bridgehead atoms. The maximum Gasteiger partial charge on any atom is 0.115 e. The van der Waals surface area contributed by atoms with Crippen LogP contribution in [0.5, 0.6) is 5.75 Å². The molecule has 0 fully saturated rings. The van der Waals surface area contributed by atoms with E-state index >= 15 is 0 Å². The van der Waals surface area contributed by atoms with Crippen LogP contribution in [0.3, 0.4) is 0 Å². The van der Waals surface area contributed by atoms with E-state index in [-0.39, 0.29) is 0 Å². The van der Waals surface area contributed by atoms with Gasteiger partial charge in [0.1, 0.15) is 5.75 Å². The molecule has 0 spiro atoms. The van der Waals surface area contributed by atoms with Crippen molar-refractivity contribution in [3.05, 3.63) is 64.1 Å². The van der Waals surface area contributed by atoms with Crippen molar-refractivity contribution in [3.63, 3.8) is 0 Å². The monoisotopic (exact) mass is 347 g/mol. The van der Waals surface area contributed by atoms with Gasteiger partial charge in [-0.3, -0.25) is 0 Å². The lowest BCUT2D eigenvalue weighted by molar-refractivity contribution is 0.455. The van der Waals surface area contributed by atoms with Crippen LogP contribution < -0.4 is 5.32 Å². The van der Waals surface area contributed by atoms with Crippen LogP contribution in [0.25, 0.3) is 0 Å². The number of hydrogen-bond acceptors (Lipinski definition) is 2. The van der Waals surface area contributed by atoms with Crippen molar-refractivity contribution in [3.8, 4) is 5.75 Å². The van der Waals surface area contributed by atoms with Gasteiger partial charge in [0.2, 0.25) is 0 Å². The molecule has 2 rings (SSSR count). The molecule has 1 unspecified atom stereocenters. The van der Waals surface area contributed by atoms with Crippen molar-refractivity contribution < 1.29 is 5.11 Å². The molecule has 0 saturated heterocycles. The quantitative estimate of drug-likeness (QED) is 0.784. The Kier molecular flexibility index (Phi) is 5.83. The summed E-state index contributed by atoms with van der Waals surface area (Å²) in [5.74, 6) is 0.326. The first-order chi connectivity index (χ1) is 10.1. The van der Waals surface area contributed by atoms with Gasteiger partial charge in [0.15, 0.2) is 0 Å². The van der Waals surface area contributed by atoms with E-state index in [1.165, 1.54) is 11.1 Å². The molecular weight excluding hydrogens is 326 g/mol. The molecule has 2 aromatic carbocycles. The molecule has 2 atom stereocenters. The molecular formula is C18H22BrNO. The molecule has 0 aliphatic rings. The topological polar surface area (TPSA) is 32.3 Å². The summed E-state index contributed by atoms with van der Waals surface area (Å²) in [6.45, 7) is 4.41. The van der Waals surface area contributed by atoms with Crippen LogP contribution in [0.1, 0.15) is 37.4 Å². The smallest absolute Gasteiger partial charge is 0.115 e. The Hall–Kier alpha value is -1.32. The number of rotatable bonds is 6. The highest BCUT2D eigenvalue weighted by molar-refractivity contribution is 9.10. The van der Waals surface area contributed by atoms with E-state index in [1.54, 1.807) is 12.1 Å². The fourth-order valence-corrected chi connectivity index (χ4v) is 3.10. The second-order valence-corrected chi connectivity index (χ2v) is 6.37. The standard InChI is InChI=1S/C18H22BrNO/c1-13(7-8-15-9-11-16(21)12-10-15)20-14(2)17-5-3-4-6-18(17)19/h3-6,9-14,20-21H,7-8H2,1-2H3/t13?,14-/m0/s1. The Labute approximate surface area is 135 Å². The molecule has 0 aliphatic heterocycles. The van der Waals surface area contributed by atoms with Gasteiger partial charge in [-0.2, -0.15) is 0 Å². The molecule has 0 heterocycles. The van der Waals surface area contributed by atoms with Crippen molar-refractivity contribution in [2.24, 2.45) is 0 Å².